The van der Waals surface area contributed by atoms with Crippen molar-refractivity contribution in [3.05, 3.63) is 42.1 Å². The summed E-state index contributed by atoms with van der Waals surface area (Å²) >= 11 is 0. The molecule has 2 heterocycles. The molecule has 0 unspecified atom stereocenters. The molecule has 2 aromatic heterocycles. The lowest BCUT2D eigenvalue weighted by Gasteiger charge is -2.42. The second-order valence-electron chi connectivity index (χ2n) is 4.78. The third-order valence-electron chi connectivity index (χ3n) is 3.47. The molecule has 1 aliphatic carbocycles. The Bertz CT molecular complexity index is 506. The van der Waals surface area contributed by atoms with E-state index in [9.17, 15) is 5.11 Å². The molecule has 5 nitrogen and oxygen atoms in total. The quantitative estimate of drug-likeness (QED) is 0.853. The van der Waals surface area contributed by atoms with Gasteiger partial charge in [-0.1, -0.05) is 0 Å². The minimum atomic E-state index is -0.319. The van der Waals surface area contributed by atoms with Crippen LogP contribution in [0.3, 0.4) is 0 Å². The second-order valence-corrected chi connectivity index (χ2v) is 4.78. The first-order valence-electron chi connectivity index (χ1n) is 6.20. The van der Waals surface area contributed by atoms with Crippen molar-refractivity contribution in [2.75, 3.05) is 0 Å². The number of rotatable bonds is 4. The summed E-state index contributed by atoms with van der Waals surface area (Å²) in [7, 11) is 0. The van der Waals surface area contributed by atoms with E-state index in [0.717, 1.165) is 17.9 Å². The van der Waals surface area contributed by atoms with E-state index in [1.807, 2.05) is 36.0 Å². The van der Waals surface area contributed by atoms with Crippen molar-refractivity contribution in [2.45, 2.75) is 38.1 Å². The van der Waals surface area contributed by atoms with E-state index < -0.39 is 0 Å². The average Bonchev–Trinajstić information content (AvgIpc) is 2.96. The number of nitrogens with zero attached hydrogens (tertiary/aromatic N) is 2. The number of aryl methyl sites for hydroxylation is 1. The summed E-state index contributed by atoms with van der Waals surface area (Å²) in [5, 5.41) is 17.4. The van der Waals surface area contributed by atoms with E-state index in [1.165, 1.54) is 0 Å². The lowest BCUT2D eigenvalue weighted by molar-refractivity contribution is -0.00878. The first-order chi connectivity index (χ1) is 8.74. The summed E-state index contributed by atoms with van der Waals surface area (Å²) in [6.45, 7) is 2.62. The summed E-state index contributed by atoms with van der Waals surface area (Å²) < 4.78 is 7.33. The van der Waals surface area contributed by atoms with Gasteiger partial charge in [0.15, 0.2) is 0 Å². The van der Waals surface area contributed by atoms with Gasteiger partial charge in [0.1, 0.15) is 11.5 Å². The van der Waals surface area contributed by atoms with Crippen molar-refractivity contribution in [2.24, 2.45) is 0 Å². The highest BCUT2D eigenvalue weighted by atomic mass is 16.3. The van der Waals surface area contributed by atoms with Crippen LogP contribution < -0.4 is 5.32 Å². The summed E-state index contributed by atoms with van der Waals surface area (Å²) in [5.41, 5.74) is 0. The van der Waals surface area contributed by atoms with Crippen LogP contribution in [0.25, 0.3) is 0 Å². The Morgan fingerprint density at radius 2 is 2.44 bits per heavy atom. The SMILES string of the molecule is Cc1ccc(CN[C@H]2C[C@@H](O)[C@@H]2n2cccn2)o1. The summed E-state index contributed by atoms with van der Waals surface area (Å²) in [4.78, 5) is 0. The average molecular weight is 247 g/mol. The number of aliphatic hydroxyl groups is 1. The van der Waals surface area contributed by atoms with Gasteiger partial charge in [-0.3, -0.25) is 4.68 Å². The Hall–Kier alpha value is -1.59. The van der Waals surface area contributed by atoms with Gasteiger partial charge >= 0.3 is 0 Å². The van der Waals surface area contributed by atoms with Crippen LogP contribution >= 0.6 is 0 Å². The van der Waals surface area contributed by atoms with Crippen molar-refractivity contribution in [3.8, 4) is 0 Å². The molecular weight excluding hydrogens is 230 g/mol. The summed E-state index contributed by atoms with van der Waals surface area (Å²) in [5.74, 6) is 1.84. The number of nitrogens with one attached hydrogen (secondary N) is 1. The molecule has 3 rings (SSSR count). The Morgan fingerprint density at radius 1 is 1.56 bits per heavy atom. The van der Waals surface area contributed by atoms with Gasteiger partial charge in [-0.05, 0) is 31.5 Å². The molecule has 1 saturated carbocycles. The van der Waals surface area contributed by atoms with Crippen LogP contribution in [0.1, 0.15) is 24.0 Å². The van der Waals surface area contributed by atoms with Crippen molar-refractivity contribution in [1.29, 1.82) is 0 Å². The van der Waals surface area contributed by atoms with Crippen molar-refractivity contribution >= 4 is 0 Å². The van der Waals surface area contributed by atoms with Gasteiger partial charge in [0, 0.05) is 18.4 Å². The number of furan rings is 1. The molecule has 0 bridgehead atoms. The zero-order valence-electron chi connectivity index (χ0n) is 10.3. The molecule has 0 aromatic carbocycles. The molecule has 96 valence electrons. The maximum absolute atomic E-state index is 9.83. The first kappa shape index (κ1) is 11.5. The molecule has 1 aliphatic rings. The second kappa shape index (κ2) is 4.59. The number of aliphatic hydroxyl groups excluding tert-OH is 1. The molecule has 18 heavy (non-hydrogen) atoms. The molecule has 0 spiro atoms. The van der Waals surface area contributed by atoms with Gasteiger partial charge < -0.3 is 14.8 Å². The molecule has 0 amide bonds. The predicted octanol–water partition coefficient (Wildman–Crippen LogP) is 1.25. The Labute approximate surface area is 105 Å². The van der Waals surface area contributed by atoms with Gasteiger partial charge in [0.05, 0.1) is 18.7 Å². The maximum atomic E-state index is 9.83. The van der Waals surface area contributed by atoms with Gasteiger partial charge in [-0.2, -0.15) is 5.10 Å². The van der Waals surface area contributed by atoms with Crippen LogP contribution in [-0.4, -0.2) is 27.0 Å². The highest BCUT2D eigenvalue weighted by Crippen LogP contribution is 2.32. The zero-order valence-corrected chi connectivity index (χ0v) is 10.3. The minimum absolute atomic E-state index is 0.0241. The Kier molecular flexibility index (Phi) is 2.93. The topological polar surface area (TPSA) is 63.2 Å². The fourth-order valence-electron chi connectivity index (χ4n) is 2.44. The van der Waals surface area contributed by atoms with Crippen LogP contribution in [0, 0.1) is 6.92 Å². The molecule has 2 N–H and O–H groups in total. The fraction of sp³-hybridized carbons (Fsp3) is 0.462. The van der Waals surface area contributed by atoms with Crippen LogP contribution in [-0.2, 0) is 6.54 Å². The molecule has 2 aromatic rings. The van der Waals surface area contributed by atoms with E-state index in [0.29, 0.717) is 6.54 Å². The number of hydrogen-bond donors (Lipinski definition) is 2. The molecular formula is C13H17N3O2. The van der Waals surface area contributed by atoms with Gasteiger partial charge in [-0.15, -0.1) is 0 Å². The Balaban J connectivity index is 1.60. The molecule has 0 radical (unpaired) electrons. The van der Waals surface area contributed by atoms with Crippen molar-refractivity contribution in [3.63, 3.8) is 0 Å². The molecule has 1 fully saturated rings. The van der Waals surface area contributed by atoms with Gasteiger partial charge in [0.25, 0.3) is 0 Å². The smallest absolute Gasteiger partial charge is 0.117 e. The highest BCUT2D eigenvalue weighted by Gasteiger charge is 2.41. The van der Waals surface area contributed by atoms with E-state index in [4.69, 9.17) is 4.42 Å². The molecule has 5 heteroatoms. The molecule has 3 atom stereocenters. The molecule has 0 aliphatic heterocycles. The van der Waals surface area contributed by atoms with Gasteiger partial charge in [0.2, 0.25) is 0 Å². The third kappa shape index (κ3) is 2.07. The largest absolute Gasteiger partial charge is 0.465 e. The third-order valence-corrected chi connectivity index (χ3v) is 3.47. The van der Waals surface area contributed by atoms with E-state index in [2.05, 4.69) is 10.4 Å². The maximum Gasteiger partial charge on any atom is 0.117 e. The normalized spacial score (nSPS) is 27.1. The van der Waals surface area contributed by atoms with Gasteiger partial charge in [-0.25, -0.2) is 0 Å². The van der Waals surface area contributed by atoms with E-state index in [1.54, 1.807) is 6.20 Å². The van der Waals surface area contributed by atoms with Crippen LogP contribution in [0.4, 0.5) is 0 Å². The lowest BCUT2D eigenvalue weighted by atomic mass is 9.83. The van der Waals surface area contributed by atoms with E-state index >= 15 is 0 Å². The van der Waals surface area contributed by atoms with Crippen LogP contribution in [0.2, 0.25) is 0 Å². The summed E-state index contributed by atoms with van der Waals surface area (Å²) in [6.07, 6.45) is 4.06. The number of aromatic nitrogens is 2. The van der Waals surface area contributed by atoms with Crippen LogP contribution in [0.15, 0.2) is 35.0 Å². The van der Waals surface area contributed by atoms with Crippen molar-refractivity contribution < 1.29 is 9.52 Å². The predicted molar refractivity (Wildman–Crippen MR) is 66.0 cm³/mol. The Morgan fingerprint density at radius 3 is 3.06 bits per heavy atom. The van der Waals surface area contributed by atoms with Crippen LogP contribution in [0.5, 0.6) is 0 Å². The molecule has 0 saturated heterocycles. The zero-order chi connectivity index (χ0) is 12.5. The standard InChI is InChI=1S/C13H17N3O2/c1-9-3-4-10(18-9)8-14-11-7-12(17)13(11)16-6-2-5-15-16/h2-6,11-14,17H,7-8H2,1H3/t11-,12+,13+/m0/s1. The monoisotopic (exact) mass is 247 g/mol. The minimum Gasteiger partial charge on any atom is -0.465 e. The summed E-state index contributed by atoms with van der Waals surface area (Å²) in [6, 6.07) is 6.07. The number of hydrogen-bond acceptors (Lipinski definition) is 4. The fourth-order valence-corrected chi connectivity index (χ4v) is 2.44. The highest BCUT2D eigenvalue weighted by molar-refractivity contribution is 5.07. The van der Waals surface area contributed by atoms with E-state index in [-0.39, 0.29) is 18.2 Å². The lowest BCUT2D eigenvalue weighted by Crippen LogP contribution is -2.54. The first-order valence-corrected chi connectivity index (χ1v) is 6.20. The van der Waals surface area contributed by atoms with Crippen molar-refractivity contribution in [1.82, 2.24) is 15.1 Å².